The number of guanidine groups is 1. The first-order valence-corrected chi connectivity index (χ1v) is 7.11. The smallest absolute Gasteiger partial charge is 0.188 e. The molecular formula is C14H19N3OS. The highest BCUT2D eigenvalue weighted by molar-refractivity contribution is 7.19. The van der Waals surface area contributed by atoms with E-state index in [-0.39, 0.29) is 12.6 Å². The van der Waals surface area contributed by atoms with E-state index in [0.717, 1.165) is 10.3 Å². The molecule has 2 rings (SSSR count). The molecule has 0 saturated heterocycles. The number of nitrogens with one attached hydrogen (secondary N) is 1. The summed E-state index contributed by atoms with van der Waals surface area (Å²) in [5.41, 5.74) is 5.71. The lowest BCUT2D eigenvalue weighted by Gasteiger charge is -2.10. The van der Waals surface area contributed by atoms with E-state index in [4.69, 9.17) is 5.73 Å². The van der Waals surface area contributed by atoms with Gasteiger partial charge in [-0.3, -0.25) is 4.99 Å². The van der Waals surface area contributed by atoms with Gasteiger partial charge in [0.15, 0.2) is 5.96 Å². The molecule has 0 amide bonds. The predicted molar refractivity (Wildman–Crippen MR) is 81.5 cm³/mol. The van der Waals surface area contributed by atoms with E-state index in [2.05, 4.69) is 10.3 Å². The number of thiophene rings is 1. The summed E-state index contributed by atoms with van der Waals surface area (Å²) in [7, 11) is 0. The molecule has 2 aromatic rings. The third-order valence-electron chi connectivity index (χ3n) is 2.64. The Balaban J connectivity index is 2.05. The van der Waals surface area contributed by atoms with Crippen LogP contribution in [0.5, 0.6) is 0 Å². The summed E-state index contributed by atoms with van der Waals surface area (Å²) < 4.78 is 1.17. The molecule has 0 aliphatic rings. The summed E-state index contributed by atoms with van der Waals surface area (Å²) in [4.78, 5) is 5.07. The van der Waals surface area contributed by atoms with Crippen LogP contribution >= 0.6 is 11.3 Å². The summed E-state index contributed by atoms with van der Waals surface area (Å²) in [6.07, 6.45) is -0.607. The van der Waals surface area contributed by atoms with Gasteiger partial charge in [0.25, 0.3) is 0 Å². The number of rotatable bonds is 4. The third kappa shape index (κ3) is 3.68. The lowest BCUT2D eigenvalue weighted by atomic mass is 10.2. The molecule has 1 aromatic heterocycles. The zero-order valence-corrected chi connectivity index (χ0v) is 11.9. The Bertz CT molecular complexity index is 544. The number of aliphatic hydroxyl groups excluding tert-OH is 1. The second kappa shape index (κ2) is 6.04. The van der Waals surface area contributed by atoms with Crippen LogP contribution < -0.4 is 11.1 Å². The van der Waals surface area contributed by atoms with Crippen LogP contribution in [-0.4, -0.2) is 23.7 Å². The maximum Gasteiger partial charge on any atom is 0.188 e. The molecule has 5 heteroatoms. The van der Waals surface area contributed by atoms with Crippen molar-refractivity contribution < 1.29 is 5.11 Å². The molecule has 0 saturated carbocycles. The van der Waals surface area contributed by atoms with Crippen LogP contribution in [0.1, 0.15) is 24.8 Å². The molecule has 19 heavy (non-hydrogen) atoms. The van der Waals surface area contributed by atoms with Crippen molar-refractivity contribution in [3.63, 3.8) is 0 Å². The lowest BCUT2D eigenvalue weighted by Crippen LogP contribution is -2.37. The fourth-order valence-electron chi connectivity index (χ4n) is 1.78. The van der Waals surface area contributed by atoms with Gasteiger partial charge in [0.05, 0.1) is 6.54 Å². The fraction of sp³-hybridized carbons (Fsp3) is 0.357. The molecule has 0 bridgehead atoms. The highest BCUT2D eigenvalue weighted by Gasteiger charge is 2.11. The summed E-state index contributed by atoms with van der Waals surface area (Å²) in [5.74, 6) is 0.371. The van der Waals surface area contributed by atoms with Gasteiger partial charge in [-0.25, -0.2) is 0 Å². The van der Waals surface area contributed by atoms with E-state index in [9.17, 15) is 5.11 Å². The Hall–Kier alpha value is -1.59. The lowest BCUT2D eigenvalue weighted by molar-refractivity contribution is 0.191. The molecule has 1 aromatic carbocycles. The van der Waals surface area contributed by atoms with Crippen molar-refractivity contribution in [3.05, 3.63) is 35.2 Å². The van der Waals surface area contributed by atoms with Crippen LogP contribution in [-0.2, 0) is 0 Å². The SMILES string of the molecule is CC(C)NC(N)=NCC(O)c1cc2ccccc2s1. The van der Waals surface area contributed by atoms with Gasteiger partial charge in [-0.15, -0.1) is 11.3 Å². The average molecular weight is 277 g/mol. The van der Waals surface area contributed by atoms with Crippen LogP contribution in [0.2, 0.25) is 0 Å². The number of benzene rings is 1. The quantitative estimate of drug-likeness (QED) is 0.593. The van der Waals surface area contributed by atoms with Gasteiger partial charge in [0.1, 0.15) is 6.10 Å². The van der Waals surface area contributed by atoms with Gasteiger partial charge < -0.3 is 16.2 Å². The molecule has 4 N–H and O–H groups in total. The number of hydrogen-bond donors (Lipinski definition) is 3. The van der Waals surface area contributed by atoms with Gasteiger partial charge >= 0.3 is 0 Å². The highest BCUT2D eigenvalue weighted by atomic mass is 32.1. The van der Waals surface area contributed by atoms with Gasteiger partial charge in [-0.1, -0.05) is 18.2 Å². The summed E-state index contributed by atoms with van der Waals surface area (Å²) in [6.45, 7) is 4.26. The van der Waals surface area contributed by atoms with E-state index in [1.165, 1.54) is 4.70 Å². The number of nitrogens with two attached hydrogens (primary N) is 1. The van der Waals surface area contributed by atoms with Gasteiger partial charge in [-0.2, -0.15) is 0 Å². The molecule has 1 atom stereocenters. The summed E-state index contributed by atoms with van der Waals surface area (Å²) in [5, 5.41) is 14.3. The van der Waals surface area contributed by atoms with Crippen molar-refractivity contribution in [3.8, 4) is 0 Å². The normalized spacial score (nSPS) is 14.0. The Morgan fingerprint density at radius 3 is 2.84 bits per heavy atom. The maximum atomic E-state index is 10.1. The van der Waals surface area contributed by atoms with Crippen molar-refractivity contribution in [1.82, 2.24) is 5.32 Å². The van der Waals surface area contributed by atoms with Crippen molar-refractivity contribution in [2.45, 2.75) is 26.0 Å². The minimum absolute atomic E-state index is 0.241. The highest BCUT2D eigenvalue weighted by Crippen LogP contribution is 2.29. The van der Waals surface area contributed by atoms with Gasteiger partial charge in [0, 0.05) is 15.6 Å². The fourth-order valence-corrected chi connectivity index (χ4v) is 2.82. The molecule has 0 aliphatic carbocycles. The van der Waals surface area contributed by atoms with E-state index in [1.54, 1.807) is 11.3 Å². The van der Waals surface area contributed by atoms with Crippen molar-refractivity contribution in [1.29, 1.82) is 0 Å². The molecule has 4 nitrogen and oxygen atoms in total. The van der Waals surface area contributed by atoms with E-state index >= 15 is 0 Å². The summed E-state index contributed by atoms with van der Waals surface area (Å²) >= 11 is 1.59. The Labute approximate surface area is 117 Å². The maximum absolute atomic E-state index is 10.1. The van der Waals surface area contributed by atoms with Gasteiger partial charge in [-0.05, 0) is 31.4 Å². The zero-order chi connectivity index (χ0) is 13.8. The van der Waals surface area contributed by atoms with E-state index < -0.39 is 6.10 Å². The molecule has 0 radical (unpaired) electrons. The largest absolute Gasteiger partial charge is 0.386 e. The first kappa shape index (κ1) is 13.8. The van der Waals surface area contributed by atoms with Crippen molar-refractivity contribution >= 4 is 27.4 Å². The van der Waals surface area contributed by atoms with Crippen LogP contribution in [0.15, 0.2) is 35.3 Å². The average Bonchev–Trinajstić information content (AvgIpc) is 2.78. The molecular weight excluding hydrogens is 258 g/mol. The van der Waals surface area contributed by atoms with Gasteiger partial charge in [0.2, 0.25) is 0 Å². The van der Waals surface area contributed by atoms with E-state index in [1.807, 2.05) is 44.2 Å². The zero-order valence-electron chi connectivity index (χ0n) is 11.1. The van der Waals surface area contributed by atoms with Crippen molar-refractivity contribution in [2.75, 3.05) is 6.54 Å². The number of aliphatic imine (C=N–C) groups is 1. The molecule has 0 fully saturated rings. The van der Waals surface area contributed by atoms with Crippen LogP contribution in [0.25, 0.3) is 10.1 Å². The van der Waals surface area contributed by atoms with Crippen molar-refractivity contribution in [2.24, 2.45) is 10.7 Å². The third-order valence-corrected chi connectivity index (χ3v) is 3.86. The molecule has 102 valence electrons. The predicted octanol–water partition coefficient (Wildman–Crippen LogP) is 2.25. The first-order valence-electron chi connectivity index (χ1n) is 6.29. The number of nitrogens with zero attached hydrogens (tertiary/aromatic N) is 1. The second-order valence-electron chi connectivity index (χ2n) is 4.73. The monoisotopic (exact) mass is 277 g/mol. The number of aliphatic hydroxyl groups is 1. The van der Waals surface area contributed by atoms with E-state index in [0.29, 0.717) is 5.96 Å². The first-order chi connectivity index (χ1) is 9.06. The number of hydrogen-bond acceptors (Lipinski definition) is 3. The topological polar surface area (TPSA) is 70.6 Å². The number of fused-ring (bicyclic) bond motifs is 1. The second-order valence-corrected chi connectivity index (χ2v) is 5.84. The van der Waals surface area contributed by atoms with Crippen LogP contribution in [0.4, 0.5) is 0 Å². The minimum Gasteiger partial charge on any atom is -0.386 e. The van der Waals surface area contributed by atoms with Crippen LogP contribution in [0, 0.1) is 0 Å². The summed E-state index contributed by atoms with van der Waals surface area (Å²) in [6, 6.07) is 10.3. The molecule has 1 heterocycles. The Morgan fingerprint density at radius 1 is 1.42 bits per heavy atom. The molecule has 1 unspecified atom stereocenters. The van der Waals surface area contributed by atoms with Crippen LogP contribution in [0.3, 0.4) is 0 Å². The standard InChI is InChI=1S/C14H19N3OS/c1-9(2)17-14(15)16-8-11(18)13-7-10-5-3-4-6-12(10)19-13/h3-7,9,11,18H,8H2,1-2H3,(H3,15,16,17). The molecule has 0 spiro atoms. The Kier molecular flexibility index (Phi) is 4.39. The Morgan fingerprint density at radius 2 is 2.16 bits per heavy atom. The molecule has 0 aliphatic heterocycles. The minimum atomic E-state index is -0.607.